The molecule has 27 heavy (non-hydrogen) atoms. The predicted octanol–water partition coefficient (Wildman–Crippen LogP) is 1.92. The highest BCUT2D eigenvalue weighted by Gasteiger charge is 2.39. The van der Waals surface area contributed by atoms with Gasteiger partial charge in [0.25, 0.3) is 5.91 Å². The molecule has 0 unspecified atom stereocenters. The predicted molar refractivity (Wildman–Crippen MR) is 96.6 cm³/mol. The van der Waals surface area contributed by atoms with E-state index in [0.29, 0.717) is 5.69 Å². The number of nitrogens with zero attached hydrogens (tertiary/aromatic N) is 2. The van der Waals surface area contributed by atoms with Gasteiger partial charge in [-0.1, -0.05) is 0 Å². The first kappa shape index (κ1) is 17.2. The summed E-state index contributed by atoms with van der Waals surface area (Å²) in [5.74, 6) is -1.25. The number of likely N-dealkylation sites (tertiary alicyclic amines) is 1. The zero-order valence-electron chi connectivity index (χ0n) is 14.2. The Labute approximate surface area is 153 Å². The van der Waals surface area contributed by atoms with Crippen LogP contribution in [0, 0.1) is 5.82 Å². The smallest absolute Gasteiger partial charge is 0.254 e. The Balaban J connectivity index is 1.53. The van der Waals surface area contributed by atoms with Crippen LogP contribution in [0.5, 0.6) is 0 Å². The van der Waals surface area contributed by atoms with Gasteiger partial charge < -0.3 is 15.3 Å². The van der Waals surface area contributed by atoms with Crippen LogP contribution < -0.4 is 5.32 Å². The van der Waals surface area contributed by atoms with Crippen molar-refractivity contribution in [3.05, 3.63) is 60.0 Å². The number of β-amino-alcohol motifs (C(OH)–C–C–N with tert-alkyl or cyclic N) is 1. The van der Waals surface area contributed by atoms with Gasteiger partial charge in [-0.3, -0.25) is 14.7 Å². The van der Waals surface area contributed by atoms with Crippen LogP contribution in [-0.2, 0) is 4.79 Å². The van der Waals surface area contributed by atoms with Crippen LogP contribution >= 0.6 is 0 Å². The van der Waals surface area contributed by atoms with Gasteiger partial charge in [-0.25, -0.2) is 4.39 Å². The second kappa shape index (κ2) is 6.81. The van der Waals surface area contributed by atoms with Crippen molar-refractivity contribution < 1.29 is 19.1 Å². The summed E-state index contributed by atoms with van der Waals surface area (Å²) in [7, 11) is 0. The van der Waals surface area contributed by atoms with E-state index in [2.05, 4.69) is 15.5 Å². The third-order valence-corrected chi connectivity index (χ3v) is 4.64. The van der Waals surface area contributed by atoms with Crippen molar-refractivity contribution in [2.45, 2.75) is 18.6 Å². The molecule has 2 heterocycles. The molecule has 2 atom stereocenters. The molecule has 0 radical (unpaired) electrons. The molecule has 1 aliphatic rings. The Morgan fingerprint density at radius 2 is 2.00 bits per heavy atom. The van der Waals surface area contributed by atoms with E-state index in [1.807, 2.05) is 0 Å². The Hall–Kier alpha value is -3.26. The van der Waals surface area contributed by atoms with Gasteiger partial charge in [-0.15, -0.1) is 0 Å². The number of halogens is 1. The number of aliphatic hydroxyl groups is 1. The van der Waals surface area contributed by atoms with Crippen molar-refractivity contribution in [1.82, 2.24) is 15.1 Å². The number of fused-ring (bicyclic) bond motifs is 1. The highest BCUT2D eigenvalue weighted by molar-refractivity contribution is 6.02. The number of rotatable bonds is 3. The number of aromatic nitrogens is 2. The number of carbonyl (C=O) groups is 2. The normalized spacial score (nSPS) is 19.4. The van der Waals surface area contributed by atoms with Crippen LogP contribution in [0.25, 0.3) is 10.9 Å². The van der Waals surface area contributed by atoms with E-state index in [0.717, 1.165) is 10.9 Å². The summed E-state index contributed by atoms with van der Waals surface area (Å²) in [4.78, 5) is 26.8. The van der Waals surface area contributed by atoms with Gasteiger partial charge in [0.05, 0.1) is 17.8 Å². The molecule has 3 aromatic rings. The molecule has 0 aliphatic carbocycles. The first-order valence-electron chi connectivity index (χ1n) is 8.50. The minimum Gasteiger partial charge on any atom is -0.391 e. The quantitative estimate of drug-likeness (QED) is 0.658. The van der Waals surface area contributed by atoms with Gasteiger partial charge in [0.1, 0.15) is 11.9 Å². The molecule has 4 rings (SSSR count). The summed E-state index contributed by atoms with van der Waals surface area (Å²) < 4.78 is 13.1. The maximum Gasteiger partial charge on any atom is 0.254 e. The lowest BCUT2D eigenvalue weighted by molar-refractivity contribution is -0.119. The van der Waals surface area contributed by atoms with Crippen LogP contribution in [0.15, 0.2) is 48.7 Å². The highest BCUT2D eigenvalue weighted by Crippen LogP contribution is 2.23. The lowest BCUT2D eigenvalue weighted by atomic mass is 10.1. The van der Waals surface area contributed by atoms with Gasteiger partial charge in [-0.05, 0) is 42.5 Å². The van der Waals surface area contributed by atoms with E-state index in [1.54, 1.807) is 24.4 Å². The molecule has 0 bridgehead atoms. The molecule has 1 aromatic heterocycles. The van der Waals surface area contributed by atoms with Gasteiger partial charge >= 0.3 is 0 Å². The topological polar surface area (TPSA) is 98.3 Å². The van der Waals surface area contributed by atoms with Crippen molar-refractivity contribution in [3.8, 4) is 0 Å². The fourth-order valence-electron chi connectivity index (χ4n) is 3.29. The molecule has 138 valence electrons. The van der Waals surface area contributed by atoms with E-state index in [4.69, 9.17) is 0 Å². The van der Waals surface area contributed by atoms with Gasteiger partial charge in [0.15, 0.2) is 0 Å². The number of carbonyl (C=O) groups excluding carboxylic acids is 2. The summed E-state index contributed by atoms with van der Waals surface area (Å²) in [6, 6.07) is 9.60. The zero-order chi connectivity index (χ0) is 19.0. The number of aliphatic hydroxyl groups excluding tert-OH is 1. The van der Waals surface area contributed by atoms with Crippen molar-refractivity contribution in [2.75, 3.05) is 11.9 Å². The summed E-state index contributed by atoms with van der Waals surface area (Å²) in [5, 5.41) is 20.4. The lowest BCUT2D eigenvalue weighted by Gasteiger charge is -2.23. The van der Waals surface area contributed by atoms with Gasteiger partial charge in [0.2, 0.25) is 5.91 Å². The second-order valence-electron chi connectivity index (χ2n) is 6.53. The Kier molecular flexibility index (Phi) is 4.33. The highest BCUT2D eigenvalue weighted by atomic mass is 19.1. The van der Waals surface area contributed by atoms with E-state index >= 15 is 0 Å². The molecule has 8 heteroatoms. The van der Waals surface area contributed by atoms with E-state index in [1.165, 1.54) is 29.2 Å². The average Bonchev–Trinajstić information content (AvgIpc) is 3.27. The van der Waals surface area contributed by atoms with Crippen molar-refractivity contribution in [3.63, 3.8) is 0 Å². The third-order valence-electron chi connectivity index (χ3n) is 4.64. The summed E-state index contributed by atoms with van der Waals surface area (Å²) in [6.45, 7) is 0.0507. The first-order valence-corrected chi connectivity index (χ1v) is 8.50. The Morgan fingerprint density at radius 3 is 2.78 bits per heavy atom. The minimum atomic E-state index is -0.808. The fraction of sp³-hybridized carbons (Fsp3) is 0.211. The maximum atomic E-state index is 13.1. The standard InChI is InChI=1S/C19H17FN4O3/c20-13-3-1-11(2-4-13)19(27)24-10-15(25)8-17(24)18(26)22-14-5-6-16-12(7-14)9-21-23-16/h1-7,9,15,17,25H,8,10H2,(H,21,23)(H,22,26)/t15-,17+/m1/s1. The average molecular weight is 368 g/mol. The molecule has 7 nitrogen and oxygen atoms in total. The van der Waals surface area contributed by atoms with Crippen LogP contribution in [0.2, 0.25) is 0 Å². The molecule has 3 N–H and O–H groups in total. The first-order chi connectivity index (χ1) is 13.0. The molecule has 0 saturated carbocycles. The third kappa shape index (κ3) is 3.39. The molecule has 2 aromatic carbocycles. The number of hydrogen-bond acceptors (Lipinski definition) is 4. The molecule has 2 amide bonds. The number of aromatic amines is 1. The van der Waals surface area contributed by atoms with Gasteiger partial charge in [0, 0.05) is 29.6 Å². The monoisotopic (exact) mass is 368 g/mol. The van der Waals surface area contributed by atoms with E-state index in [9.17, 15) is 19.1 Å². The van der Waals surface area contributed by atoms with Crippen LogP contribution in [0.4, 0.5) is 10.1 Å². The number of H-pyrrole nitrogens is 1. The molecular weight excluding hydrogens is 351 g/mol. The minimum absolute atomic E-state index is 0.0507. The van der Waals surface area contributed by atoms with E-state index in [-0.39, 0.29) is 24.4 Å². The van der Waals surface area contributed by atoms with Crippen LogP contribution in [0.1, 0.15) is 16.8 Å². The molecular formula is C19H17FN4O3. The van der Waals surface area contributed by atoms with Crippen molar-refractivity contribution in [2.24, 2.45) is 0 Å². The summed E-state index contributed by atoms with van der Waals surface area (Å²) in [6.07, 6.45) is 1.00. The number of nitrogens with one attached hydrogen (secondary N) is 2. The largest absolute Gasteiger partial charge is 0.391 e. The molecule has 1 saturated heterocycles. The second-order valence-corrected chi connectivity index (χ2v) is 6.53. The summed E-state index contributed by atoms with van der Waals surface area (Å²) in [5.41, 5.74) is 1.69. The number of hydrogen-bond donors (Lipinski definition) is 3. The molecule has 0 spiro atoms. The molecule has 1 fully saturated rings. The van der Waals surface area contributed by atoms with Gasteiger partial charge in [-0.2, -0.15) is 5.10 Å². The zero-order valence-corrected chi connectivity index (χ0v) is 14.2. The summed E-state index contributed by atoms with van der Waals surface area (Å²) >= 11 is 0. The number of amides is 2. The SMILES string of the molecule is O=C(Nc1ccc2[nH]ncc2c1)[C@@H]1C[C@@H](O)CN1C(=O)c1ccc(F)cc1. The van der Waals surface area contributed by atoms with Crippen molar-refractivity contribution >= 4 is 28.4 Å². The Bertz CT molecular complexity index is 1000. The number of anilines is 1. The molecule has 1 aliphatic heterocycles. The van der Waals surface area contributed by atoms with Crippen LogP contribution in [0.3, 0.4) is 0 Å². The van der Waals surface area contributed by atoms with E-state index < -0.39 is 23.9 Å². The number of benzene rings is 2. The Morgan fingerprint density at radius 1 is 1.22 bits per heavy atom. The van der Waals surface area contributed by atoms with Crippen LogP contribution in [-0.4, -0.2) is 50.7 Å². The maximum absolute atomic E-state index is 13.1. The van der Waals surface area contributed by atoms with Crippen molar-refractivity contribution in [1.29, 1.82) is 0 Å². The fourth-order valence-corrected chi connectivity index (χ4v) is 3.29. The lowest BCUT2D eigenvalue weighted by Crippen LogP contribution is -2.43.